The number of sulfone groups is 1. The summed E-state index contributed by atoms with van der Waals surface area (Å²) in [4.78, 5) is 0.158. The summed E-state index contributed by atoms with van der Waals surface area (Å²) >= 11 is 0. The van der Waals surface area contributed by atoms with Crippen LogP contribution in [0.25, 0.3) is 0 Å². The monoisotopic (exact) mass is 354 g/mol. The van der Waals surface area contributed by atoms with Crippen molar-refractivity contribution < 1.29 is 21.6 Å². The molecule has 1 unspecified atom stereocenters. The number of hydrogen-bond acceptors (Lipinski definition) is 5. The summed E-state index contributed by atoms with van der Waals surface area (Å²) in [6.45, 7) is 3.91. The lowest BCUT2D eigenvalue weighted by Crippen LogP contribution is -2.24. The average Bonchev–Trinajstić information content (AvgIpc) is 2.32. The Bertz CT molecular complexity index is 680. The molecule has 0 aliphatic heterocycles. The zero-order valence-corrected chi connectivity index (χ0v) is 14.5. The largest absolute Gasteiger partial charge is 0.493 e. The second kappa shape index (κ2) is 6.98. The van der Waals surface area contributed by atoms with E-state index in [4.69, 9.17) is 15.4 Å². The van der Waals surface area contributed by atoms with Gasteiger partial charge in [-0.25, -0.2) is 16.8 Å². The van der Waals surface area contributed by atoms with Crippen molar-refractivity contribution in [3.63, 3.8) is 0 Å². The minimum absolute atomic E-state index is 0.0663. The van der Waals surface area contributed by atoms with E-state index in [0.29, 0.717) is 5.75 Å². The molecule has 0 radical (unpaired) electrons. The maximum Gasteiger partial charge on any atom is 0.233 e. The molecule has 120 valence electrons. The van der Waals surface area contributed by atoms with E-state index in [1.807, 2.05) is 13.8 Å². The van der Waals surface area contributed by atoms with Crippen molar-refractivity contribution in [1.82, 2.24) is 0 Å². The molecule has 0 bridgehead atoms. The van der Waals surface area contributed by atoms with Crippen molar-refractivity contribution in [2.75, 3.05) is 18.6 Å². The quantitative estimate of drug-likeness (QED) is 0.702. The highest BCUT2D eigenvalue weighted by atomic mass is 35.7. The lowest BCUT2D eigenvalue weighted by atomic mass is 9.99. The van der Waals surface area contributed by atoms with E-state index >= 15 is 0 Å². The van der Waals surface area contributed by atoms with Crippen LogP contribution in [0.15, 0.2) is 29.2 Å². The number of benzene rings is 1. The SMILES string of the molecule is CC(C)C(COc1cccc(S(C)(=O)=O)c1)CS(=O)(=O)Cl. The van der Waals surface area contributed by atoms with Crippen LogP contribution in [-0.2, 0) is 18.9 Å². The zero-order valence-electron chi connectivity index (χ0n) is 12.1. The number of hydrogen-bond donors (Lipinski definition) is 0. The summed E-state index contributed by atoms with van der Waals surface area (Å²) in [5.41, 5.74) is 0. The van der Waals surface area contributed by atoms with Crippen molar-refractivity contribution in [2.45, 2.75) is 18.7 Å². The second-order valence-electron chi connectivity index (χ2n) is 5.27. The fraction of sp³-hybridized carbons (Fsp3) is 0.538. The molecule has 1 atom stereocenters. The number of halogens is 1. The Morgan fingerprint density at radius 3 is 2.29 bits per heavy atom. The van der Waals surface area contributed by atoms with Gasteiger partial charge in [-0.05, 0) is 24.1 Å². The van der Waals surface area contributed by atoms with Crippen LogP contribution in [0.3, 0.4) is 0 Å². The molecule has 0 aliphatic carbocycles. The Labute approximate surface area is 130 Å². The molecule has 1 aromatic rings. The molecule has 0 saturated carbocycles. The lowest BCUT2D eigenvalue weighted by Gasteiger charge is -2.20. The normalized spacial score (nSPS) is 14.1. The van der Waals surface area contributed by atoms with E-state index in [9.17, 15) is 16.8 Å². The minimum atomic E-state index is -3.61. The topological polar surface area (TPSA) is 77.5 Å². The van der Waals surface area contributed by atoms with Crippen molar-refractivity contribution >= 4 is 29.6 Å². The summed E-state index contributed by atoms with van der Waals surface area (Å²) in [7, 11) is -1.64. The maximum absolute atomic E-state index is 11.5. The third kappa shape index (κ3) is 6.67. The van der Waals surface area contributed by atoms with Gasteiger partial charge in [0.2, 0.25) is 9.05 Å². The average molecular weight is 355 g/mol. The highest BCUT2D eigenvalue weighted by molar-refractivity contribution is 8.13. The second-order valence-corrected chi connectivity index (χ2v) is 10.1. The number of ether oxygens (including phenoxy) is 1. The van der Waals surface area contributed by atoms with Crippen LogP contribution in [0.4, 0.5) is 0 Å². The van der Waals surface area contributed by atoms with Gasteiger partial charge in [0.15, 0.2) is 9.84 Å². The molecule has 0 aliphatic rings. The van der Waals surface area contributed by atoms with Crippen LogP contribution in [-0.4, -0.2) is 35.5 Å². The molecule has 21 heavy (non-hydrogen) atoms. The molecule has 1 rings (SSSR count). The molecular formula is C13H19ClO5S2. The van der Waals surface area contributed by atoms with Crippen molar-refractivity contribution in [2.24, 2.45) is 11.8 Å². The van der Waals surface area contributed by atoms with Gasteiger partial charge >= 0.3 is 0 Å². The molecule has 0 heterocycles. The molecule has 0 spiro atoms. The van der Waals surface area contributed by atoms with Gasteiger partial charge in [0.05, 0.1) is 17.3 Å². The third-order valence-electron chi connectivity index (χ3n) is 3.05. The van der Waals surface area contributed by atoms with Gasteiger partial charge < -0.3 is 4.74 Å². The Balaban J connectivity index is 2.82. The Morgan fingerprint density at radius 1 is 1.19 bits per heavy atom. The van der Waals surface area contributed by atoms with Gasteiger partial charge in [-0.1, -0.05) is 19.9 Å². The summed E-state index contributed by atoms with van der Waals surface area (Å²) < 4.78 is 50.8. The first-order valence-corrected chi connectivity index (χ1v) is 10.7. The van der Waals surface area contributed by atoms with Crippen LogP contribution in [0.1, 0.15) is 13.8 Å². The van der Waals surface area contributed by atoms with Gasteiger partial charge in [-0.3, -0.25) is 0 Å². The van der Waals surface area contributed by atoms with E-state index < -0.39 is 18.9 Å². The van der Waals surface area contributed by atoms with E-state index in [-0.39, 0.29) is 29.1 Å². The smallest absolute Gasteiger partial charge is 0.233 e. The predicted molar refractivity (Wildman–Crippen MR) is 83.0 cm³/mol. The number of rotatable bonds is 7. The van der Waals surface area contributed by atoms with Crippen molar-refractivity contribution in [3.05, 3.63) is 24.3 Å². The van der Waals surface area contributed by atoms with Crippen molar-refractivity contribution in [3.8, 4) is 5.75 Å². The summed E-state index contributed by atoms with van der Waals surface area (Å²) in [6, 6.07) is 6.10. The van der Waals surface area contributed by atoms with Crippen LogP contribution >= 0.6 is 10.7 Å². The van der Waals surface area contributed by atoms with E-state index in [1.165, 1.54) is 12.1 Å². The van der Waals surface area contributed by atoms with Gasteiger partial charge in [0.1, 0.15) is 5.75 Å². The fourth-order valence-electron chi connectivity index (χ4n) is 1.69. The molecule has 0 saturated heterocycles. The van der Waals surface area contributed by atoms with Gasteiger partial charge in [0, 0.05) is 22.9 Å². The van der Waals surface area contributed by atoms with E-state index in [0.717, 1.165) is 6.26 Å². The Kier molecular flexibility index (Phi) is 6.07. The van der Waals surface area contributed by atoms with Crippen LogP contribution in [0.5, 0.6) is 5.75 Å². The molecule has 0 aromatic heterocycles. The minimum Gasteiger partial charge on any atom is -0.493 e. The van der Waals surface area contributed by atoms with Gasteiger partial charge in [0.25, 0.3) is 0 Å². The highest BCUT2D eigenvalue weighted by Gasteiger charge is 2.21. The molecule has 0 N–H and O–H groups in total. The molecule has 0 fully saturated rings. The fourth-order valence-corrected chi connectivity index (χ4v) is 3.82. The van der Waals surface area contributed by atoms with Crippen LogP contribution in [0.2, 0.25) is 0 Å². The zero-order chi connectivity index (χ0) is 16.3. The van der Waals surface area contributed by atoms with Crippen LogP contribution in [0, 0.1) is 11.8 Å². The van der Waals surface area contributed by atoms with Gasteiger partial charge in [-0.2, -0.15) is 0 Å². The van der Waals surface area contributed by atoms with E-state index in [1.54, 1.807) is 12.1 Å². The first-order valence-electron chi connectivity index (χ1n) is 6.34. The standard InChI is InChI=1S/C13H19ClO5S2/c1-10(2)11(9-21(14,17)18)8-19-12-5-4-6-13(7-12)20(3,15)16/h4-7,10-11H,8-9H2,1-3H3. The third-order valence-corrected chi connectivity index (χ3v) is 5.37. The Morgan fingerprint density at radius 2 is 1.81 bits per heavy atom. The van der Waals surface area contributed by atoms with Crippen LogP contribution < -0.4 is 4.74 Å². The van der Waals surface area contributed by atoms with Crippen molar-refractivity contribution in [1.29, 1.82) is 0 Å². The highest BCUT2D eigenvalue weighted by Crippen LogP contribution is 2.21. The van der Waals surface area contributed by atoms with E-state index in [2.05, 4.69) is 0 Å². The molecular weight excluding hydrogens is 336 g/mol. The first-order chi connectivity index (χ1) is 9.49. The maximum atomic E-state index is 11.5. The van der Waals surface area contributed by atoms with Gasteiger partial charge in [-0.15, -0.1) is 0 Å². The lowest BCUT2D eigenvalue weighted by molar-refractivity contribution is 0.225. The molecule has 5 nitrogen and oxygen atoms in total. The molecule has 8 heteroatoms. The predicted octanol–water partition coefficient (Wildman–Crippen LogP) is 2.31. The first kappa shape index (κ1) is 18.3. The summed E-state index contributed by atoms with van der Waals surface area (Å²) in [5.74, 6) is -0.000559. The molecule has 1 aromatic carbocycles. The molecule has 0 amide bonds. The summed E-state index contributed by atoms with van der Waals surface area (Å²) in [5, 5.41) is 0. The summed E-state index contributed by atoms with van der Waals surface area (Å²) in [6.07, 6.45) is 1.11. The Hall–Kier alpha value is -0.790.